The molecule has 1 aliphatic rings. The number of amidine groups is 1. The number of sulfonamides is 1. The molecule has 24 heavy (non-hydrogen) atoms. The second-order valence-electron chi connectivity index (χ2n) is 5.37. The Hall–Kier alpha value is -2.41. The van der Waals surface area contributed by atoms with Crippen LogP contribution in [0.1, 0.15) is 18.9 Å². The molecule has 0 saturated carbocycles. The Morgan fingerprint density at radius 1 is 1.17 bits per heavy atom. The maximum Gasteiger partial charge on any atom is 0.263 e. The van der Waals surface area contributed by atoms with E-state index in [1.165, 1.54) is 12.1 Å². The first kappa shape index (κ1) is 16.4. The molecule has 2 aromatic rings. The largest absolute Gasteiger partial charge is 0.485 e. The van der Waals surface area contributed by atoms with Crippen molar-refractivity contribution in [3.63, 3.8) is 0 Å². The number of aliphatic imine (C=N–C) groups is 1. The third-order valence-electron chi connectivity index (χ3n) is 3.70. The highest BCUT2D eigenvalue weighted by Crippen LogP contribution is 2.23. The minimum Gasteiger partial charge on any atom is -0.485 e. The molecule has 7 heteroatoms. The SMILES string of the molecule is CCC(CN=C1NS(=O)(=O)c2ccccc21)Oc1ccccc1F. The van der Waals surface area contributed by atoms with Crippen molar-refractivity contribution in [2.45, 2.75) is 24.3 Å². The number of benzene rings is 2. The van der Waals surface area contributed by atoms with Crippen molar-refractivity contribution >= 4 is 15.9 Å². The Balaban J connectivity index is 1.79. The normalized spacial score (nSPS) is 18.0. The van der Waals surface area contributed by atoms with Crippen molar-refractivity contribution < 1.29 is 17.5 Å². The first-order chi connectivity index (χ1) is 11.5. The van der Waals surface area contributed by atoms with Crippen molar-refractivity contribution in [3.05, 3.63) is 59.9 Å². The minimum atomic E-state index is -3.56. The van der Waals surface area contributed by atoms with Gasteiger partial charge < -0.3 is 4.74 Å². The molecule has 1 heterocycles. The zero-order chi connectivity index (χ0) is 17.2. The molecule has 0 saturated heterocycles. The van der Waals surface area contributed by atoms with Crippen LogP contribution in [0.2, 0.25) is 0 Å². The van der Waals surface area contributed by atoms with E-state index in [2.05, 4.69) is 9.71 Å². The molecular weight excluding hydrogens is 331 g/mol. The van der Waals surface area contributed by atoms with Gasteiger partial charge in [-0.2, -0.15) is 0 Å². The highest BCUT2D eigenvalue weighted by molar-refractivity contribution is 7.90. The van der Waals surface area contributed by atoms with E-state index in [0.717, 1.165) is 0 Å². The molecule has 0 radical (unpaired) electrons. The number of fused-ring (bicyclic) bond motifs is 1. The van der Waals surface area contributed by atoms with Gasteiger partial charge >= 0.3 is 0 Å². The third kappa shape index (κ3) is 3.26. The fraction of sp³-hybridized carbons (Fsp3) is 0.235. The van der Waals surface area contributed by atoms with Gasteiger partial charge in [0.05, 0.1) is 11.4 Å². The zero-order valence-electron chi connectivity index (χ0n) is 13.1. The van der Waals surface area contributed by atoms with Crippen LogP contribution in [-0.2, 0) is 10.0 Å². The van der Waals surface area contributed by atoms with Crippen molar-refractivity contribution in [2.75, 3.05) is 6.54 Å². The summed E-state index contributed by atoms with van der Waals surface area (Å²) < 4.78 is 45.8. The van der Waals surface area contributed by atoms with E-state index < -0.39 is 15.8 Å². The monoisotopic (exact) mass is 348 g/mol. The summed E-state index contributed by atoms with van der Waals surface area (Å²) in [7, 11) is -3.56. The summed E-state index contributed by atoms with van der Waals surface area (Å²) >= 11 is 0. The maximum absolute atomic E-state index is 13.7. The molecule has 0 fully saturated rings. The highest BCUT2D eigenvalue weighted by atomic mass is 32.2. The Morgan fingerprint density at radius 2 is 1.88 bits per heavy atom. The van der Waals surface area contributed by atoms with Crippen molar-refractivity contribution in [1.29, 1.82) is 0 Å². The van der Waals surface area contributed by atoms with E-state index >= 15 is 0 Å². The number of rotatable bonds is 5. The van der Waals surface area contributed by atoms with Gasteiger partial charge in [-0.25, -0.2) is 12.8 Å². The number of nitrogens with zero attached hydrogens (tertiary/aromatic N) is 1. The average Bonchev–Trinajstić information content (AvgIpc) is 2.84. The van der Waals surface area contributed by atoms with Gasteiger partial charge in [0.2, 0.25) is 0 Å². The number of nitrogens with one attached hydrogen (secondary N) is 1. The van der Waals surface area contributed by atoms with Crippen LogP contribution in [-0.4, -0.2) is 26.9 Å². The van der Waals surface area contributed by atoms with E-state index in [0.29, 0.717) is 17.8 Å². The lowest BCUT2D eigenvalue weighted by molar-refractivity contribution is 0.197. The van der Waals surface area contributed by atoms with Crippen LogP contribution in [0.25, 0.3) is 0 Å². The standard InChI is InChI=1S/C17H17FN2O3S/c1-2-12(23-15-9-5-4-8-14(15)18)11-19-17-13-7-3-6-10-16(13)24(21,22)20-17/h3-10,12H,2,11H2,1H3,(H,19,20). The maximum atomic E-state index is 13.7. The number of ether oxygens (including phenoxy) is 1. The van der Waals surface area contributed by atoms with Gasteiger partial charge in [0.1, 0.15) is 11.9 Å². The van der Waals surface area contributed by atoms with Crippen LogP contribution in [0.5, 0.6) is 5.75 Å². The lowest BCUT2D eigenvalue weighted by Crippen LogP contribution is -2.25. The molecule has 1 unspecified atom stereocenters. The van der Waals surface area contributed by atoms with Crippen LogP contribution in [0.3, 0.4) is 0 Å². The molecule has 0 aliphatic carbocycles. The fourth-order valence-corrected chi connectivity index (χ4v) is 3.66. The predicted molar refractivity (Wildman–Crippen MR) is 89.3 cm³/mol. The molecule has 1 aliphatic heterocycles. The van der Waals surface area contributed by atoms with Gasteiger partial charge in [0.15, 0.2) is 11.6 Å². The van der Waals surface area contributed by atoms with Crippen LogP contribution < -0.4 is 9.46 Å². The fourth-order valence-electron chi connectivity index (χ4n) is 2.41. The molecule has 0 bridgehead atoms. The first-order valence-corrected chi connectivity index (χ1v) is 9.07. The second-order valence-corrected chi connectivity index (χ2v) is 7.02. The van der Waals surface area contributed by atoms with Crippen LogP contribution in [0, 0.1) is 5.82 Å². The van der Waals surface area contributed by atoms with Gasteiger partial charge in [0.25, 0.3) is 10.0 Å². The molecular formula is C17H17FN2O3S. The molecule has 2 aromatic carbocycles. The highest BCUT2D eigenvalue weighted by Gasteiger charge is 2.30. The van der Waals surface area contributed by atoms with Gasteiger partial charge in [-0.15, -0.1) is 0 Å². The van der Waals surface area contributed by atoms with E-state index in [4.69, 9.17) is 4.74 Å². The molecule has 0 spiro atoms. The summed E-state index contributed by atoms with van der Waals surface area (Å²) in [4.78, 5) is 4.55. The van der Waals surface area contributed by atoms with E-state index in [1.54, 1.807) is 36.4 Å². The molecule has 0 aromatic heterocycles. The lowest BCUT2D eigenvalue weighted by Gasteiger charge is -2.16. The first-order valence-electron chi connectivity index (χ1n) is 7.59. The van der Waals surface area contributed by atoms with Crippen molar-refractivity contribution in [1.82, 2.24) is 4.72 Å². The van der Waals surface area contributed by atoms with Crippen molar-refractivity contribution in [3.8, 4) is 5.75 Å². The summed E-state index contributed by atoms with van der Waals surface area (Å²) in [6, 6.07) is 12.8. The summed E-state index contributed by atoms with van der Waals surface area (Å²) in [6.07, 6.45) is 0.256. The number of halogens is 1. The predicted octanol–water partition coefficient (Wildman–Crippen LogP) is 2.72. The quantitative estimate of drug-likeness (QED) is 0.903. The van der Waals surface area contributed by atoms with Gasteiger partial charge in [0, 0.05) is 5.56 Å². The smallest absolute Gasteiger partial charge is 0.263 e. The Bertz CT molecular complexity index is 881. The molecule has 5 nitrogen and oxygen atoms in total. The number of hydrogen-bond donors (Lipinski definition) is 1. The number of para-hydroxylation sites is 1. The number of hydrogen-bond acceptors (Lipinski definition) is 4. The molecule has 3 rings (SSSR count). The van der Waals surface area contributed by atoms with E-state index in [1.807, 2.05) is 6.92 Å². The van der Waals surface area contributed by atoms with Crippen molar-refractivity contribution in [2.24, 2.45) is 4.99 Å². The summed E-state index contributed by atoms with van der Waals surface area (Å²) in [6.45, 7) is 2.12. The summed E-state index contributed by atoms with van der Waals surface area (Å²) in [5.41, 5.74) is 0.540. The van der Waals surface area contributed by atoms with Gasteiger partial charge in [-0.1, -0.05) is 31.2 Å². The minimum absolute atomic E-state index is 0.164. The molecule has 1 atom stereocenters. The summed E-state index contributed by atoms with van der Waals surface area (Å²) in [5.74, 6) is 0.0219. The molecule has 1 N–H and O–H groups in total. The average molecular weight is 348 g/mol. The zero-order valence-corrected chi connectivity index (χ0v) is 13.9. The van der Waals surface area contributed by atoms with E-state index in [-0.39, 0.29) is 23.3 Å². The lowest BCUT2D eigenvalue weighted by atomic mass is 10.2. The van der Waals surface area contributed by atoms with Crippen LogP contribution in [0.4, 0.5) is 4.39 Å². The summed E-state index contributed by atoms with van der Waals surface area (Å²) in [5, 5.41) is 0. The second kappa shape index (κ2) is 6.60. The Morgan fingerprint density at radius 3 is 2.62 bits per heavy atom. The Labute approximate surface area is 140 Å². The van der Waals surface area contributed by atoms with Crippen LogP contribution >= 0.6 is 0 Å². The third-order valence-corrected chi connectivity index (χ3v) is 5.10. The van der Waals surface area contributed by atoms with Crippen LogP contribution in [0.15, 0.2) is 58.4 Å². The topological polar surface area (TPSA) is 67.8 Å². The van der Waals surface area contributed by atoms with E-state index in [9.17, 15) is 12.8 Å². The van der Waals surface area contributed by atoms with Gasteiger partial charge in [-0.3, -0.25) is 9.71 Å². The van der Waals surface area contributed by atoms with Gasteiger partial charge in [-0.05, 0) is 30.7 Å². The molecule has 126 valence electrons. The molecule has 0 amide bonds. The Kier molecular flexibility index (Phi) is 4.53.